The molecule has 6 heteroatoms. The zero-order chi connectivity index (χ0) is 16.8. The maximum atomic E-state index is 11.9. The Labute approximate surface area is 139 Å². The number of hydrogen-bond donors (Lipinski definition) is 1. The van der Waals surface area contributed by atoms with Crippen molar-refractivity contribution >= 4 is 11.6 Å². The molecule has 0 fully saturated rings. The molecule has 1 N–H and O–H groups in total. The first kappa shape index (κ1) is 15.6. The molecule has 0 saturated carbocycles. The summed E-state index contributed by atoms with van der Waals surface area (Å²) < 4.78 is 10.9. The number of rotatable bonds is 4. The van der Waals surface area contributed by atoms with Crippen LogP contribution in [-0.2, 0) is 4.79 Å². The van der Waals surface area contributed by atoms with Gasteiger partial charge in [-0.25, -0.2) is 5.43 Å². The molecular formula is C18H15N3O3. The number of nitrogens with zero attached hydrogens (tertiary/aromatic N) is 2. The summed E-state index contributed by atoms with van der Waals surface area (Å²) in [6.45, 7) is 0.311. The lowest BCUT2D eigenvalue weighted by Crippen LogP contribution is -2.27. The Kier molecular flexibility index (Phi) is 4.73. The molecule has 1 aliphatic rings. The second-order valence-electron chi connectivity index (χ2n) is 5.08. The first-order valence-electron chi connectivity index (χ1n) is 7.47. The third-order valence-corrected chi connectivity index (χ3v) is 3.48. The highest BCUT2D eigenvalue weighted by molar-refractivity contribution is 6.04. The molecule has 6 nitrogen and oxygen atoms in total. The number of nitriles is 1. The molecule has 0 bridgehead atoms. The van der Waals surface area contributed by atoms with Crippen LogP contribution >= 0.6 is 0 Å². The third kappa shape index (κ3) is 3.52. The van der Waals surface area contributed by atoms with Crippen molar-refractivity contribution in [1.29, 1.82) is 5.26 Å². The van der Waals surface area contributed by atoms with Crippen LogP contribution in [0.5, 0.6) is 11.5 Å². The van der Waals surface area contributed by atoms with Crippen LogP contribution in [0.2, 0.25) is 0 Å². The Morgan fingerprint density at radius 1 is 1.25 bits per heavy atom. The number of nitrogens with one attached hydrogen (secondary N) is 1. The average Bonchev–Trinajstić information content (AvgIpc) is 2.64. The van der Waals surface area contributed by atoms with E-state index in [4.69, 9.17) is 14.7 Å². The number of para-hydroxylation sites is 2. The van der Waals surface area contributed by atoms with Crippen molar-refractivity contribution in [3.05, 3.63) is 59.7 Å². The van der Waals surface area contributed by atoms with E-state index in [1.165, 1.54) is 0 Å². The van der Waals surface area contributed by atoms with Crippen molar-refractivity contribution in [2.24, 2.45) is 5.10 Å². The summed E-state index contributed by atoms with van der Waals surface area (Å²) in [5.41, 5.74) is 4.51. The zero-order valence-corrected chi connectivity index (χ0v) is 12.9. The lowest BCUT2D eigenvalue weighted by Gasteiger charge is -2.18. The van der Waals surface area contributed by atoms with E-state index in [0.29, 0.717) is 24.3 Å². The monoisotopic (exact) mass is 321 g/mol. The SMILES string of the molecule is N#Cc1ccccc1OCC(=O)NN=C1CCOc2ccccc21. The predicted octanol–water partition coefficient (Wildman–Crippen LogP) is 2.24. The normalized spacial score (nSPS) is 14.2. The molecule has 2 aromatic rings. The van der Waals surface area contributed by atoms with Gasteiger partial charge < -0.3 is 9.47 Å². The second kappa shape index (κ2) is 7.29. The van der Waals surface area contributed by atoms with E-state index in [0.717, 1.165) is 17.0 Å². The van der Waals surface area contributed by atoms with E-state index >= 15 is 0 Å². The molecule has 2 aromatic carbocycles. The summed E-state index contributed by atoms with van der Waals surface area (Å²) in [4.78, 5) is 11.9. The first-order valence-corrected chi connectivity index (χ1v) is 7.47. The standard InChI is InChI=1S/C18H15N3O3/c19-11-13-5-1-3-7-16(13)24-12-18(22)21-20-15-9-10-23-17-8-4-2-6-14(15)17/h1-8H,9-10,12H2,(H,21,22). The number of carbonyl (C=O) groups excluding carboxylic acids is 1. The Morgan fingerprint density at radius 2 is 2.04 bits per heavy atom. The van der Waals surface area contributed by atoms with Gasteiger partial charge in [-0.3, -0.25) is 4.79 Å². The van der Waals surface area contributed by atoms with Crippen LogP contribution in [0.4, 0.5) is 0 Å². The second-order valence-corrected chi connectivity index (χ2v) is 5.08. The molecule has 1 heterocycles. The van der Waals surface area contributed by atoms with Gasteiger partial charge in [-0.05, 0) is 24.3 Å². The Morgan fingerprint density at radius 3 is 2.92 bits per heavy atom. The Hall–Kier alpha value is -3.33. The highest BCUT2D eigenvalue weighted by Gasteiger charge is 2.16. The van der Waals surface area contributed by atoms with Gasteiger partial charge in [-0.2, -0.15) is 10.4 Å². The van der Waals surface area contributed by atoms with Gasteiger partial charge in [0.2, 0.25) is 0 Å². The van der Waals surface area contributed by atoms with Gasteiger partial charge >= 0.3 is 0 Å². The number of fused-ring (bicyclic) bond motifs is 1. The molecule has 0 unspecified atom stereocenters. The van der Waals surface area contributed by atoms with Crippen LogP contribution in [-0.4, -0.2) is 24.8 Å². The molecule has 0 spiro atoms. The van der Waals surface area contributed by atoms with Gasteiger partial charge in [-0.1, -0.05) is 24.3 Å². The molecule has 0 aromatic heterocycles. The fourth-order valence-electron chi connectivity index (χ4n) is 2.33. The van der Waals surface area contributed by atoms with Gasteiger partial charge in [0.05, 0.1) is 17.9 Å². The summed E-state index contributed by atoms with van der Waals surface area (Å²) in [7, 11) is 0. The quantitative estimate of drug-likeness (QED) is 0.875. The Bertz CT molecular complexity index is 824. The van der Waals surface area contributed by atoms with E-state index in [1.807, 2.05) is 30.3 Å². The van der Waals surface area contributed by atoms with E-state index in [2.05, 4.69) is 10.5 Å². The molecule has 24 heavy (non-hydrogen) atoms. The van der Waals surface area contributed by atoms with Gasteiger partial charge in [-0.15, -0.1) is 0 Å². The fourth-order valence-corrected chi connectivity index (χ4v) is 2.33. The van der Waals surface area contributed by atoms with Crippen molar-refractivity contribution < 1.29 is 14.3 Å². The van der Waals surface area contributed by atoms with Crippen molar-refractivity contribution in [3.8, 4) is 17.6 Å². The summed E-state index contributed by atoms with van der Waals surface area (Å²) in [5, 5.41) is 13.2. The van der Waals surface area contributed by atoms with Gasteiger partial charge in [0.25, 0.3) is 5.91 Å². The van der Waals surface area contributed by atoms with Crippen LogP contribution in [0.1, 0.15) is 17.5 Å². The molecule has 0 saturated heterocycles. The highest BCUT2D eigenvalue weighted by atomic mass is 16.5. The lowest BCUT2D eigenvalue weighted by atomic mass is 10.0. The Balaban J connectivity index is 1.61. The molecular weight excluding hydrogens is 306 g/mol. The average molecular weight is 321 g/mol. The van der Waals surface area contributed by atoms with Gasteiger partial charge in [0, 0.05) is 12.0 Å². The minimum Gasteiger partial charge on any atom is -0.492 e. The van der Waals surface area contributed by atoms with E-state index in [-0.39, 0.29) is 12.5 Å². The van der Waals surface area contributed by atoms with Crippen molar-refractivity contribution in [2.75, 3.05) is 13.2 Å². The third-order valence-electron chi connectivity index (χ3n) is 3.48. The topological polar surface area (TPSA) is 83.7 Å². The van der Waals surface area contributed by atoms with E-state index in [9.17, 15) is 4.79 Å². The number of amides is 1. The number of carbonyl (C=O) groups is 1. The molecule has 0 atom stereocenters. The molecule has 0 aliphatic carbocycles. The van der Waals surface area contributed by atoms with Crippen molar-refractivity contribution in [3.63, 3.8) is 0 Å². The number of ether oxygens (including phenoxy) is 2. The van der Waals surface area contributed by atoms with Crippen LogP contribution < -0.4 is 14.9 Å². The molecule has 1 aliphatic heterocycles. The molecule has 120 valence electrons. The largest absolute Gasteiger partial charge is 0.492 e. The first-order chi connectivity index (χ1) is 11.8. The smallest absolute Gasteiger partial charge is 0.277 e. The van der Waals surface area contributed by atoms with Crippen molar-refractivity contribution in [2.45, 2.75) is 6.42 Å². The minimum atomic E-state index is -0.390. The summed E-state index contributed by atoms with van der Waals surface area (Å²) >= 11 is 0. The number of hydrogen-bond acceptors (Lipinski definition) is 5. The van der Waals surface area contributed by atoms with Crippen LogP contribution in [0.15, 0.2) is 53.6 Å². The van der Waals surface area contributed by atoms with Gasteiger partial charge in [0.15, 0.2) is 6.61 Å². The summed E-state index contributed by atoms with van der Waals surface area (Å²) in [6, 6.07) is 16.3. The minimum absolute atomic E-state index is 0.215. The molecule has 3 rings (SSSR count). The number of benzene rings is 2. The van der Waals surface area contributed by atoms with E-state index < -0.39 is 0 Å². The van der Waals surface area contributed by atoms with Crippen molar-refractivity contribution in [1.82, 2.24) is 5.43 Å². The molecule has 1 amide bonds. The summed E-state index contributed by atoms with van der Waals surface area (Å²) in [5.74, 6) is 0.745. The fraction of sp³-hybridized carbons (Fsp3) is 0.167. The highest BCUT2D eigenvalue weighted by Crippen LogP contribution is 2.24. The lowest BCUT2D eigenvalue weighted by molar-refractivity contribution is -0.123. The van der Waals surface area contributed by atoms with Crippen LogP contribution in [0, 0.1) is 11.3 Å². The van der Waals surface area contributed by atoms with Crippen LogP contribution in [0.3, 0.4) is 0 Å². The van der Waals surface area contributed by atoms with Gasteiger partial charge in [0.1, 0.15) is 17.6 Å². The zero-order valence-electron chi connectivity index (χ0n) is 12.9. The predicted molar refractivity (Wildman–Crippen MR) is 87.9 cm³/mol. The van der Waals surface area contributed by atoms with E-state index in [1.54, 1.807) is 24.3 Å². The van der Waals surface area contributed by atoms with Crippen LogP contribution in [0.25, 0.3) is 0 Å². The number of hydrazone groups is 1. The maximum absolute atomic E-state index is 11.9. The maximum Gasteiger partial charge on any atom is 0.277 e. The summed E-state index contributed by atoms with van der Waals surface area (Å²) in [6.07, 6.45) is 0.620. The molecule has 0 radical (unpaired) electrons.